The van der Waals surface area contributed by atoms with E-state index >= 15 is 0 Å². The highest BCUT2D eigenvalue weighted by molar-refractivity contribution is 7.90. The molecule has 1 aliphatic heterocycles. The molecule has 0 bridgehead atoms. The summed E-state index contributed by atoms with van der Waals surface area (Å²) in [5, 5.41) is 16.6. The van der Waals surface area contributed by atoms with Crippen LogP contribution in [0.2, 0.25) is 0 Å². The van der Waals surface area contributed by atoms with Crippen molar-refractivity contribution in [3.8, 4) is 22.5 Å². The number of rotatable bonds is 6. The number of carbonyl (C=O) groups is 1. The number of benzene rings is 1. The van der Waals surface area contributed by atoms with E-state index in [9.17, 15) is 31.5 Å². The van der Waals surface area contributed by atoms with Gasteiger partial charge in [0, 0.05) is 42.5 Å². The van der Waals surface area contributed by atoms with Crippen LogP contribution in [-0.4, -0.2) is 67.7 Å². The summed E-state index contributed by atoms with van der Waals surface area (Å²) in [5.41, 5.74) is -1.13. The van der Waals surface area contributed by atoms with Crippen molar-refractivity contribution >= 4 is 33.1 Å². The smallest absolute Gasteiger partial charge is 0.419 e. The molecule has 47 heavy (non-hydrogen) atoms. The minimum Gasteiger partial charge on any atom is -0.465 e. The van der Waals surface area contributed by atoms with Gasteiger partial charge in [0.1, 0.15) is 11.3 Å². The lowest BCUT2D eigenvalue weighted by atomic mass is 9.82. The molecule has 1 fully saturated rings. The zero-order chi connectivity index (χ0) is 33.9. The summed E-state index contributed by atoms with van der Waals surface area (Å²) >= 11 is 0. The summed E-state index contributed by atoms with van der Waals surface area (Å²) in [7, 11) is -4.35. The molecule has 0 saturated carbocycles. The molecular weight excluding hydrogens is 639 g/mol. The van der Waals surface area contributed by atoms with Crippen LogP contribution in [0.1, 0.15) is 37.3 Å². The van der Waals surface area contributed by atoms with Crippen LogP contribution in [0.4, 0.5) is 23.9 Å². The monoisotopic (exact) mass is 669 g/mol. The maximum atomic E-state index is 14.5. The van der Waals surface area contributed by atoms with E-state index < -0.39 is 45.0 Å². The number of halogens is 3. The number of aromatic nitrogens is 5. The van der Waals surface area contributed by atoms with E-state index in [4.69, 9.17) is 4.52 Å². The van der Waals surface area contributed by atoms with E-state index in [0.717, 1.165) is 10.2 Å². The molecule has 0 spiro atoms. The molecule has 1 aliphatic rings. The molecule has 12 nitrogen and oxygen atoms in total. The number of nitrogens with zero attached hydrogens (tertiary/aromatic N) is 6. The Balaban J connectivity index is 1.55. The van der Waals surface area contributed by atoms with Crippen molar-refractivity contribution in [1.29, 1.82) is 0 Å². The molecule has 5 heterocycles. The van der Waals surface area contributed by atoms with Gasteiger partial charge in [0.25, 0.3) is 10.0 Å². The predicted octanol–water partition coefficient (Wildman–Crippen LogP) is 6.21. The number of piperidine rings is 1. The fourth-order valence-electron chi connectivity index (χ4n) is 6.07. The van der Waals surface area contributed by atoms with Gasteiger partial charge in [-0.15, -0.1) is 0 Å². The molecule has 0 radical (unpaired) electrons. The Morgan fingerprint density at radius 2 is 1.83 bits per heavy atom. The number of carboxylic acid groups (broad SMARTS) is 1. The Labute approximate surface area is 267 Å². The third-order valence-electron chi connectivity index (χ3n) is 8.02. The second-order valence-corrected chi connectivity index (χ2v) is 14.1. The number of hydrogen-bond donors (Lipinski definition) is 2. The van der Waals surface area contributed by atoms with Crippen LogP contribution >= 0.6 is 0 Å². The minimum absolute atomic E-state index is 0.0709. The van der Waals surface area contributed by atoms with Gasteiger partial charge in [-0.2, -0.15) is 13.2 Å². The number of likely N-dealkylation sites (tertiary alicyclic amines) is 1. The second kappa shape index (κ2) is 11.4. The topological polar surface area (TPSA) is 156 Å². The highest BCUT2D eigenvalue weighted by atomic mass is 32.2. The first-order chi connectivity index (χ1) is 22.0. The minimum atomic E-state index is -4.91. The fourth-order valence-corrected chi connectivity index (χ4v) is 7.41. The lowest BCUT2D eigenvalue weighted by Gasteiger charge is -2.41. The third-order valence-corrected chi connectivity index (χ3v) is 9.69. The third kappa shape index (κ3) is 6.00. The van der Waals surface area contributed by atoms with E-state index in [1.54, 1.807) is 26.0 Å². The van der Waals surface area contributed by atoms with Crippen LogP contribution in [0.5, 0.6) is 0 Å². The number of fused-ring (bicyclic) bond motifs is 1. The summed E-state index contributed by atoms with van der Waals surface area (Å²) in [6, 6.07) is 9.99. The molecule has 16 heteroatoms. The number of aryl methyl sites for hydroxylation is 2. The fraction of sp³-hybridized carbons (Fsp3) is 0.323. The van der Waals surface area contributed by atoms with E-state index in [2.05, 4.69) is 25.4 Å². The molecule has 0 aliphatic carbocycles. The first-order valence-corrected chi connectivity index (χ1v) is 15.9. The van der Waals surface area contributed by atoms with Gasteiger partial charge in [-0.3, -0.25) is 0 Å². The average Bonchev–Trinajstić information content (AvgIpc) is 3.55. The molecule has 6 rings (SSSR count). The normalized spacial score (nSPS) is 16.8. The van der Waals surface area contributed by atoms with Gasteiger partial charge in [0.05, 0.1) is 27.5 Å². The van der Waals surface area contributed by atoms with Crippen molar-refractivity contribution < 1.29 is 36.0 Å². The van der Waals surface area contributed by atoms with Crippen LogP contribution in [0, 0.1) is 19.3 Å². The molecule has 1 atom stereocenters. The summed E-state index contributed by atoms with van der Waals surface area (Å²) in [6.45, 7) is 7.50. The standard InChI is InChI=1S/C31H30F3N7O5S/c1-17-25(18(2)46-39-17)24-11-10-21-22(15-41(27(21)37-24)47(44,45)20-8-6-5-7-9-20)26-23(31(32,33)34)13-35-28(38-26)36-19-12-30(3,4)16-40(14-19)29(42)43/h5-11,13,15,19H,12,14,16H2,1-4H3,(H,42,43)(H,35,36,38)/t19-/m0/s1. The number of nitrogens with one attached hydrogen (secondary N) is 1. The second-order valence-electron chi connectivity index (χ2n) is 12.2. The zero-order valence-corrected chi connectivity index (χ0v) is 26.5. The quantitative estimate of drug-likeness (QED) is 0.213. The summed E-state index contributed by atoms with van der Waals surface area (Å²) in [4.78, 5) is 25.7. The molecule has 0 unspecified atom stereocenters. The number of pyridine rings is 1. The Hall–Kier alpha value is -4.99. The number of amides is 1. The van der Waals surface area contributed by atoms with Crippen molar-refractivity contribution in [2.24, 2.45) is 5.41 Å². The van der Waals surface area contributed by atoms with Crippen LogP contribution < -0.4 is 5.32 Å². The Morgan fingerprint density at radius 1 is 1.11 bits per heavy atom. The van der Waals surface area contributed by atoms with Gasteiger partial charge >= 0.3 is 12.3 Å². The van der Waals surface area contributed by atoms with E-state index in [1.165, 1.54) is 35.2 Å². The maximum absolute atomic E-state index is 14.5. The number of alkyl halides is 3. The van der Waals surface area contributed by atoms with Crippen LogP contribution in [0.25, 0.3) is 33.5 Å². The Kier molecular flexibility index (Phi) is 7.73. The van der Waals surface area contributed by atoms with Gasteiger partial charge in [-0.1, -0.05) is 37.2 Å². The summed E-state index contributed by atoms with van der Waals surface area (Å²) in [6.07, 6.45) is -3.81. The summed E-state index contributed by atoms with van der Waals surface area (Å²) < 4.78 is 77.5. The first kappa shape index (κ1) is 32.0. The number of anilines is 1. The molecule has 5 aromatic rings. The van der Waals surface area contributed by atoms with Gasteiger partial charge in [-0.25, -0.2) is 32.1 Å². The van der Waals surface area contributed by atoms with Gasteiger partial charge < -0.3 is 19.8 Å². The highest BCUT2D eigenvalue weighted by Crippen LogP contribution is 2.41. The van der Waals surface area contributed by atoms with Crippen molar-refractivity contribution in [3.05, 3.63) is 71.9 Å². The van der Waals surface area contributed by atoms with Gasteiger partial charge in [0.2, 0.25) is 5.95 Å². The molecule has 1 aromatic carbocycles. The highest BCUT2D eigenvalue weighted by Gasteiger charge is 2.39. The Bertz CT molecular complexity index is 2090. The first-order valence-electron chi connectivity index (χ1n) is 14.5. The van der Waals surface area contributed by atoms with Crippen molar-refractivity contribution in [3.63, 3.8) is 0 Å². The largest absolute Gasteiger partial charge is 0.465 e. The van der Waals surface area contributed by atoms with Gasteiger partial charge in [0.15, 0.2) is 5.65 Å². The lowest BCUT2D eigenvalue weighted by molar-refractivity contribution is -0.137. The van der Waals surface area contributed by atoms with E-state index in [0.29, 0.717) is 35.3 Å². The average molecular weight is 670 g/mol. The SMILES string of the molecule is Cc1noc(C)c1-c1ccc2c(-c3nc(N[C@@H]4CN(C(=O)O)CC(C)(C)C4)ncc3C(F)(F)F)cn(S(=O)(=O)c3ccccc3)c2n1. The molecule has 1 amide bonds. The van der Waals surface area contributed by atoms with Gasteiger partial charge in [-0.05, 0) is 49.9 Å². The maximum Gasteiger partial charge on any atom is 0.419 e. The van der Waals surface area contributed by atoms with Crippen LogP contribution in [0.15, 0.2) is 64.3 Å². The van der Waals surface area contributed by atoms with E-state index in [1.807, 2.05) is 13.8 Å². The molecule has 2 N–H and O–H groups in total. The lowest BCUT2D eigenvalue weighted by Crippen LogP contribution is -2.51. The molecule has 4 aromatic heterocycles. The van der Waals surface area contributed by atoms with Crippen LogP contribution in [0.3, 0.4) is 0 Å². The van der Waals surface area contributed by atoms with Crippen molar-refractivity contribution in [2.75, 3.05) is 18.4 Å². The van der Waals surface area contributed by atoms with Crippen LogP contribution in [-0.2, 0) is 16.2 Å². The Morgan fingerprint density at radius 3 is 2.47 bits per heavy atom. The van der Waals surface area contributed by atoms with Crippen molar-refractivity contribution in [1.82, 2.24) is 29.0 Å². The van der Waals surface area contributed by atoms with E-state index in [-0.39, 0.29) is 40.5 Å². The predicted molar refractivity (Wildman–Crippen MR) is 165 cm³/mol. The number of hydrogen-bond acceptors (Lipinski definition) is 9. The summed E-state index contributed by atoms with van der Waals surface area (Å²) in [5.74, 6) is 0.255. The molecular formula is C31H30F3N7O5S. The van der Waals surface area contributed by atoms with Crippen molar-refractivity contribution in [2.45, 2.75) is 51.2 Å². The molecule has 246 valence electrons. The zero-order valence-electron chi connectivity index (χ0n) is 25.7. The molecule has 1 saturated heterocycles.